The number of hydrogen-bond acceptors (Lipinski definition) is 4. The van der Waals surface area contributed by atoms with Crippen LogP contribution in [-0.2, 0) is 9.59 Å². The minimum atomic E-state index is -0.324. The number of benzene rings is 3. The van der Waals surface area contributed by atoms with E-state index in [0.717, 1.165) is 11.1 Å². The first-order chi connectivity index (χ1) is 17.8. The van der Waals surface area contributed by atoms with Gasteiger partial charge in [-0.25, -0.2) is 0 Å². The molecule has 2 N–H and O–H groups in total. The zero-order chi connectivity index (χ0) is 26.1. The summed E-state index contributed by atoms with van der Waals surface area (Å²) >= 11 is 0. The van der Waals surface area contributed by atoms with E-state index < -0.39 is 0 Å². The highest BCUT2D eigenvalue weighted by molar-refractivity contribution is 6.22. The van der Waals surface area contributed by atoms with Crippen LogP contribution in [-0.4, -0.2) is 23.6 Å². The molecule has 0 saturated carbocycles. The molecule has 0 unspecified atom stereocenters. The van der Waals surface area contributed by atoms with Crippen molar-refractivity contribution in [1.82, 2.24) is 0 Å². The van der Waals surface area contributed by atoms with Crippen molar-refractivity contribution in [3.63, 3.8) is 0 Å². The number of aryl methyl sites for hydroxylation is 1. The largest absolute Gasteiger partial charge is 0.322 e. The van der Waals surface area contributed by atoms with Crippen LogP contribution in [0.5, 0.6) is 0 Å². The Labute approximate surface area is 215 Å². The molecule has 1 aliphatic heterocycles. The summed E-state index contributed by atoms with van der Waals surface area (Å²) in [5.74, 6) is -1.48. The lowest BCUT2D eigenvalue weighted by Gasteiger charge is -2.18. The van der Waals surface area contributed by atoms with Crippen LogP contribution in [0.15, 0.2) is 84.4 Å². The standard InChI is InChI=1S/C30H27N3O4/c1-18-3-6-20(7-4-18)27(34)31-22-10-12-23(13-11-22)32-28(35)21-8-14-24(15-9-21)33-29(36)25-16-5-19(2)17-26(25)30(33)37/h3-15,25-26H,16-17H2,1-2H3,(H,31,34)(H,32,35)/t25-,26-/m1/s1. The zero-order valence-electron chi connectivity index (χ0n) is 20.7. The summed E-state index contributed by atoms with van der Waals surface area (Å²) in [6.45, 7) is 3.95. The molecule has 0 spiro atoms. The molecule has 37 heavy (non-hydrogen) atoms. The Morgan fingerprint density at radius 2 is 1.19 bits per heavy atom. The summed E-state index contributed by atoms with van der Waals surface area (Å²) in [5.41, 5.74) is 4.83. The molecule has 1 aliphatic carbocycles. The molecule has 0 bridgehead atoms. The molecule has 5 rings (SSSR count). The normalized spacial score (nSPS) is 18.8. The van der Waals surface area contributed by atoms with Crippen LogP contribution < -0.4 is 15.5 Å². The SMILES string of the molecule is CC1=CC[C@H]2C(=O)N(c3ccc(C(=O)Nc4ccc(NC(=O)c5ccc(C)cc5)cc4)cc3)C(=O)[C@@H]2C1. The smallest absolute Gasteiger partial charge is 0.255 e. The van der Waals surface area contributed by atoms with Crippen LogP contribution in [0.1, 0.15) is 46.0 Å². The Morgan fingerprint density at radius 1 is 0.703 bits per heavy atom. The fraction of sp³-hybridized carbons (Fsp3) is 0.200. The second-order valence-electron chi connectivity index (χ2n) is 9.61. The molecule has 2 aliphatic rings. The first-order valence-electron chi connectivity index (χ1n) is 12.2. The van der Waals surface area contributed by atoms with Gasteiger partial charge in [0.1, 0.15) is 0 Å². The van der Waals surface area contributed by atoms with Crippen molar-refractivity contribution in [1.29, 1.82) is 0 Å². The molecular formula is C30H27N3O4. The highest BCUT2D eigenvalue weighted by atomic mass is 16.2. The molecule has 1 saturated heterocycles. The van der Waals surface area contributed by atoms with E-state index in [2.05, 4.69) is 10.6 Å². The lowest BCUT2D eigenvalue weighted by Crippen LogP contribution is -2.30. The van der Waals surface area contributed by atoms with Crippen LogP contribution >= 0.6 is 0 Å². The number of hydrogen-bond donors (Lipinski definition) is 2. The van der Waals surface area contributed by atoms with Crippen LogP contribution in [0.4, 0.5) is 17.1 Å². The van der Waals surface area contributed by atoms with Gasteiger partial charge >= 0.3 is 0 Å². The summed E-state index contributed by atoms with van der Waals surface area (Å²) in [5, 5.41) is 5.66. The van der Waals surface area contributed by atoms with Crippen molar-refractivity contribution in [3.8, 4) is 0 Å². The fourth-order valence-corrected chi connectivity index (χ4v) is 4.80. The van der Waals surface area contributed by atoms with Gasteiger partial charge in [0.05, 0.1) is 17.5 Å². The maximum atomic E-state index is 12.9. The molecule has 4 amide bonds. The number of amides is 4. The van der Waals surface area contributed by atoms with E-state index in [1.54, 1.807) is 60.7 Å². The first-order valence-corrected chi connectivity index (χ1v) is 12.2. The van der Waals surface area contributed by atoms with Crippen LogP contribution in [0.2, 0.25) is 0 Å². The van der Waals surface area contributed by atoms with Gasteiger partial charge in [-0.15, -0.1) is 0 Å². The summed E-state index contributed by atoms with van der Waals surface area (Å²) in [6.07, 6.45) is 3.24. The third kappa shape index (κ3) is 4.93. The monoisotopic (exact) mass is 493 g/mol. The van der Waals surface area contributed by atoms with Crippen molar-refractivity contribution in [2.75, 3.05) is 15.5 Å². The third-order valence-electron chi connectivity index (χ3n) is 6.93. The number of fused-ring (bicyclic) bond motifs is 1. The quantitative estimate of drug-likeness (QED) is 0.370. The minimum Gasteiger partial charge on any atom is -0.322 e. The molecule has 0 radical (unpaired) electrons. The van der Waals surface area contributed by atoms with Crippen molar-refractivity contribution >= 4 is 40.7 Å². The predicted octanol–water partition coefficient (Wildman–Crippen LogP) is 5.35. The van der Waals surface area contributed by atoms with Crippen LogP contribution in [0, 0.1) is 18.8 Å². The number of rotatable bonds is 5. The second kappa shape index (κ2) is 9.85. The second-order valence-corrected chi connectivity index (χ2v) is 9.61. The Hall–Kier alpha value is -4.52. The highest BCUT2D eigenvalue weighted by Crippen LogP contribution is 2.39. The van der Waals surface area contributed by atoms with Crippen molar-refractivity contribution in [3.05, 3.63) is 101 Å². The van der Waals surface area contributed by atoms with Gasteiger partial charge in [0.15, 0.2) is 0 Å². The van der Waals surface area contributed by atoms with E-state index >= 15 is 0 Å². The lowest BCUT2D eigenvalue weighted by molar-refractivity contribution is -0.122. The first kappa shape index (κ1) is 24.2. The highest BCUT2D eigenvalue weighted by Gasteiger charge is 2.48. The van der Waals surface area contributed by atoms with E-state index in [0.29, 0.717) is 41.0 Å². The van der Waals surface area contributed by atoms with Crippen molar-refractivity contribution < 1.29 is 19.2 Å². The van der Waals surface area contributed by atoms with E-state index in [-0.39, 0.29) is 35.5 Å². The Kier molecular flexibility index (Phi) is 6.44. The maximum absolute atomic E-state index is 12.9. The molecule has 0 aromatic heterocycles. The van der Waals surface area contributed by atoms with Crippen molar-refractivity contribution in [2.24, 2.45) is 11.8 Å². The maximum Gasteiger partial charge on any atom is 0.255 e. The summed E-state index contributed by atoms with van der Waals surface area (Å²) < 4.78 is 0. The molecule has 7 nitrogen and oxygen atoms in total. The molecule has 3 aromatic rings. The summed E-state index contributed by atoms with van der Waals surface area (Å²) in [6, 6.07) is 20.6. The predicted molar refractivity (Wildman–Crippen MR) is 142 cm³/mol. The molecule has 1 fully saturated rings. The number of nitrogens with zero attached hydrogens (tertiary/aromatic N) is 1. The molecular weight excluding hydrogens is 466 g/mol. The van der Waals surface area contributed by atoms with Crippen LogP contribution in [0.3, 0.4) is 0 Å². The molecule has 2 atom stereocenters. The average Bonchev–Trinajstić information content (AvgIpc) is 3.14. The van der Waals surface area contributed by atoms with Gasteiger partial charge < -0.3 is 10.6 Å². The average molecular weight is 494 g/mol. The van der Waals surface area contributed by atoms with Gasteiger partial charge in [0.2, 0.25) is 11.8 Å². The zero-order valence-corrected chi connectivity index (χ0v) is 20.7. The Bertz CT molecular complexity index is 1410. The van der Waals surface area contributed by atoms with Gasteiger partial charge in [-0.3, -0.25) is 24.1 Å². The summed E-state index contributed by atoms with van der Waals surface area (Å²) in [7, 11) is 0. The number of carbonyl (C=O) groups is 4. The fourth-order valence-electron chi connectivity index (χ4n) is 4.80. The number of nitrogens with one attached hydrogen (secondary N) is 2. The van der Waals surface area contributed by atoms with E-state index in [4.69, 9.17) is 0 Å². The lowest BCUT2D eigenvalue weighted by atomic mass is 9.82. The topological polar surface area (TPSA) is 95.6 Å². The van der Waals surface area contributed by atoms with Gasteiger partial charge in [0.25, 0.3) is 11.8 Å². The van der Waals surface area contributed by atoms with Crippen molar-refractivity contribution in [2.45, 2.75) is 26.7 Å². The van der Waals surface area contributed by atoms with E-state index in [1.807, 2.05) is 32.1 Å². The number of allylic oxidation sites excluding steroid dienone is 2. The molecule has 7 heteroatoms. The Morgan fingerprint density at radius 3 is 1.73 bits per heavy atom. The molecule has 186 valence electrons. The van der Waals surface area contributed by atoms with Gasteiger partial charge in [-0.1, -0.05) is 29.3 Å². The van der Waals surface area contributed by atoms with E-state index in [1.165, 1.54) is 4.90 Å². The van der Waals surface area contributed by atoms with Gasteiger partial charge in [0, 0.05) is 22.5 Å². The number of imide groups is 1. The molecule has 3 aromatic carbocycles. The molecule has 1 heterocycles. The minimum absolute atomic E-state index is 0.172. The summed E-state index contributed by atoms with van der Waals surface area (Å²) in [4.78, 5) is 52.2. The third-order valence-corrected chi connectivity index (χ3v) is 6.93. The Balaban J connectivity index is 1.21. The number of carbonyl (C=O) groups excluding carboxylic acids is 4. The van der Waals surface area contributed by atoms with Crippen LogP contribution in [0.25, 0.3) is 0 Å². The van der Waals surface area contributed by atoms with Gasteiger partial charge in [-0.2, -0.15) is 0 Å². The van der Waals surface area contributed by atoms with Gasteiger partial charge in [-0.05, 0) is 87.4 Å². The number of anilines is 3. The van der Waals surface area contributed by atoms with E-state index in [9.17, 15) is 19.2 Å².